The van der Waals surface area contributed by atoms with Crippen molar-refractivity contribution in [3.63, 3.8) is 0 Å². The van der Waals surface area contributed by atoms with E-state index in [2.05, 4.69) is 28.2 Å². The number of rotatable bonds is 3. The Morgan fingerprint density at radius 2 is 2.29 bits per heavy atom. The first-order valence-corrected chi connectivity index (χ1v) is 6.73. The Kier molecular flexibility index (Phi) is 3.92. The van der Waals surface area contributed by atoms with Crippen LogP contribution in [-0.2, 0) is 4.79 Å². The molecule has 1 rings (SSSR count). The quantitative estimate of drug-likeness (QED) is 0.805. The Morgan fingerprint density at radius 1 is 1.64 bits per heavy atom. The van der Waals surface area contributed by atoms with Gasteiger partial charge in [-0.25, -0.2) is 0 Å². The van der Waals surface area contributed by atoms with Gasteiger partial charge in [-0.2, -0.15) is 11.8 Å². The summed E-state index contributed by atoms with van der Waals surface area (Å²) < 4.78 is -0.194. The normalized spacial score (nSPS) is 27.7. The molecule has 4 heteroatoms. The zero-order valence-electron chi connectivity index (χ0n) is 9.02. The Morgan fingerprint density at radius 3 is 2.71 bits per heavy atom. The molecule has 82 valence electrons. The standard InChI is InChI=1S/C10H18BrNOS/c1-9(2,11)8(13)12-7-10(3)5-4-6-14-10/h4-7H2,1-3H3,(H,12,13). The van der Waals surface area contributed by atoms with E-state index < -0.39 is 4.32 Å². The zero-order chi connectivity index (χ0) is 10.8. The molecular weight excluding hydrogens is 262 g/mol. The van der Waals surface area contributed by atoms with Crippen molar-refractivity contribution >= 4 is 33.6 Å². The molecule has 1 aliphatic rings. The Balaban J connectivity index is 2.37. The average Bonchev–Trinajstić information content (AvgIpc) is 2.47. The molecule has 0 spiro atoms. The van der Waals surface area contributed by atoms with Gasteiger partial charge in [0, 0.05) is 11.3 Å². The van der Waals surface area contributed by atoms with E-state index in [4.69, 9.17) is 0 Å². The molecule has 2 nitrogen and oxygen atoms in total. The molecule has 14 heavy (non-hydrogen) atoms. The van der Waals surface area contributed by atoms with Crippen LogP contribution in [0.5, 0.6) is 0 Å². The van der Waals surface area contributed by atoms with E-state index >= 15 is 0 Å². The van der Waals surface area contributed by atoms with Crippen molar-refractivity contribution in [2.75, 3.05) is 12.3 Å². The van der Waals surface area contributed by atoms with Crippen LogP contribution in [0.1, 0.15) is 33.6 Å². The van der Waals surface area contributed by atoms with Crippen LogP contribution >= 0.6 is 27.7 Å². The van der Waals surface area contributed by atoms with Gasteiger partial charge in [0.1, 0.15) is 0 Å². The van der Waals surface area contributed by atoms with Gasteiger partial charge in [0.2, 0.25) is 5.91 Å². The summed E-state index contributed by atoms with van der Waals surface area (Å²) in [7, 11) is 0. The molecule has 1 amide bonds. The van der Waals surface area contributed by atoms with Crippen LogP contribution in [0, 0.1) is 0 Å². The van der Waals surface area contributed by atoms with E-state index in [0.717, 1.165) is 6.54 Å². The van der Waals surface area contributed by atoms with Crippen LogP contribution in [-0.4, -0.2) is 27.3 Å². The lowest BCUT2D eigenvalue weighted by atomic mass is 10.1. The molecule has 0 aromatic carbocycles. The molecule has 1 saturated heterocycles. The lowest BCUT2D eigenvalue weighted by Gasteiger charge is -2.25. The third-order valence-electron chi connectivity index (χ3n) is 2.46. The van der Waals surface area contributed by atoms with E-state index in [9.17, 15) is 4.79 Å². The summed E-state index contributed by atoms with van der Waals surface area (Å²) in [4.78, 5) is 11.6. The molecule has 0 radical (unpaired) electrons. The number of carbonyl (C=O) groups excluding carboxylic acids is 1. The highest BCUT2D eigenvalue weighted by molar-refractivity contribution is 9.10. The van der Waals surface area contributed by atoms with Gasteiger partial charge in [-0.1, -0.05) is 15.9 Å². The number of amides is 1. The number of halogens is 1. The summed E-state index contributed by atoms with van der Waals surface area (Å²) in [5.41, 5.74) is 0. The predicted molar refractivity (Wildman–Crippen MR) is 66.1 cm³/mol. The fraction of sp³-hybridized carbons (Fsp3) is 0.900. The number of carbonyl (C=O) groups is 1. The monoisotopic (exact) mass is 279 g/mol. The average molecular weight is 280 g/mol. The van der Waals surface area contributed by atoms with Crippen LogP contribution in [0.3, 0.4) is 0 Å². The number of alkyl halides is 1. The van der Waals surface area contributed by atoms with Gasteiger partial charge in [0.15, 0.2) is 0 Å². The topological polar surface area (TPSA) is 29.1 Å². The maximum Gasteiger partial charge on any atom is 0.236 e. The summed E-state index contributed by atoms with van der Waals surface area (Å²) >= 11 is 5.32. The first kappa shape index (κ1) is 12.4. The molecule has 1 fully saturated rings. The third-order valence-corrected chi connectivity index (χ3v) is 4.36. The molecule has 0 aromatic heterocycles. The highest BCUT2D eigenvalue weighted by Gasteiger charge is 2.31. The van der Waals surface area contributed by atoms with Gasteiger partial charge in [0.25, 0.3) is 0 Å². The highest BCUT2D eigenvalue weighted by atomic mass is 79.9. The molecule has 1 aliphatic heterocycles. The SMILES string of the molecule is CC1(CNC(=O)C(C)(C)Br)CCCS1. The molecule has 1 heterocycles. The fourth-order valence-electron chi connectivity index (χ4n) is 1.45. The summed E-state index contributed by atoms with van der Waals surface area (Å²) in [6.07, 6.45) is 2.48. The van der Waals surface area contributed by atoms with Crippen LogP contribution < -0.4 is 5.32 Å². The van der Waals surface area contributed by atoms with E-state index in [1.807, 2.05) is 25.6 Å². The Hall–Kier alpha value is 0.300. The van der Waals surface area contributed by atoms with E-state index in [1.165, 1.54) is 18.6 Å². The van der Waals surface area contributed by atoms with Crippen LogP contribution in [0.2, 0.25) is 0 Å². The maximum absolute atomic E-state index is 11.6. The largest absolute Gasteiger partial charge is 0.354 e. The van der Waals surface area contributed by atoms with E-state index in [-0.39, 0.29) is 10.7 Å². The molecule has 0 aliphatic carbocycles. The Labute approximate surface area is 98.7 Å². The zero-order valence-corrected chi connectivity index (χ0v) is 11.4. The fourth-order valence-corrected chi connectivity index (χ4v) is 2.84. The van der Waals surface area contributed by atoms with Gasteiger partial charge in [-0.3, -0.25) is 4.79 Å². The minimum Gasteiger partial charge on any atom is -0.354 e. The number of thioether (sulfide) groups is 1. The second-order valence-corrected chi connectivity index (χ2v) is 8.22. The van der Waals surface area contributed by atoms with Gasteiger partial charge in [0.05, 0.1) is 4.32 Å². The number of hydrogen-bond donors (Lipinski definition) is 1. The van der Waals surface area contributed by atoms with Crippen molar-refractivity contribution in [1.82, 2.24) is 5.32 Å². The van der Waals surface area contributed by atoms with Crippen molar-refractivity contribution in [1.29, 1.82) is 0 Å². The van der Waals surface area contributed by atoms with Gasteiger partial charge in [-0.05, 0) is 39.4 Å². The first-order valence-electron chi connectivity index (χ1n) is 4.95. The summed E-state index contributed by atoms with van der Waals surface area (Å²) in [6, 6.07) is 0. The van der Waals surface area contributed by atoms with Crippen molar-refractivity contribution in [3.8, 4) is 0 Å². The molecule has 1 atom stereocenters. The molecule has 1 N–H and O–H groups in total. The second kappa shape index (κ2) is 4.44. The van der Waals surface area contributed by atoms with Crippen LogP contribution in [0.15, 0.2) is 0 Å². The molecule has 0 aromatic rings. The van der Waals surface area contributed by atoms with Gasteiger partial charge in [-0.15, -0.1) is 0 Å². The molecule has 1 unspecified atom stereocenters. The number of hydrogen-bond acceptors (Lipinski definition) is 2. The lowest BCUT2D eigenvalue weighted by Crippen LogP contribution is -2.43. The Bertz CT molecular complexity index is 219. The highest BCUT2D eigenvalue weighted by Crippen LogP contribution is 2.37. The summed E-state index contributed by atoms with van der Waals surface area (Å²) in [5, 5.41) is 3.00. The van der Waals surface area contributed by atoms with E-state index in [0.29, 0.717) is 0 Å². The van der Waals surface area contributed by atoms with Crippen molar-refractivity contribution in [3.05, 3.63) is 0 Å². The first-order chi connectivity index (χ1) is 6.33. The summed E-state index contributed by atoms with van der Waals surface area (Å²) in [6.45, 7) is 6.75. The van der Waals surface area contributed by atoms with Gasteiger partial charge >= 0.3 is 0 Å². The minimum atomic E-state index is -0.452. The lowest BCUT2D eigenvalue weighted by molar-refractivity contribution is -0.122. The van der Waals surface area contributed by atoms with E-state index in [1.54, 1.807) is 0 Å². The predicted octanol–water partition coefficient (Wildman–Crippen LogP) is 2.56. The smallest absolute Gasteiger partial charge is 0.236 e. The summed E-state index contributed by atoms with van der Waals surface area (Å²) in [5.74, 6) is 1.30. The third kappa shape index (κ3) is 3.46. The second-order valence-electron chi connectivity index (χ2n) is 4.56. The molecule has 0 bridgehead atoms. The number of nitrogens with one attached hydrogen (secondary N) is 1. The molecular formula is C10H18BrNOS. The van der Waals surface area contributed by atoms with Crippen molar-refractivity contribution < 1.29 is 4.79 Å². The van der Waals surface area contributed by atoms with Crippen LogP contribution in [0.25, 0.3) is 0 Å². The maximum atomic E-state index is 11.6. The minimum absolute atomic E-state index is 0.0752. The van der Waals surface area contributed by atoms with Crippen molar-refractivity contribution in [2.24, 2.45) is 0 Å². The van der Waals surface area contributed by atoms with Crippen molar-refractivity contribution in [2.45, 2.75) is 42.7 Å². The van der Waals surface area contributed by atoms with Gasteiger partial charge < -0.3 is 5.32 Å². The van der Waals surface area contributed by atoms with Crippen LogP contribution in [0.4, 0.5) is 0 Å². The molecule has 0 saturated carbocycles.